The molecule has 0 unspecified atom stereocenters. The molecule has 0 saturated carbocycles. The van der Waals surface area contributed by atoms with Gasteiger partial charge < -0.3 is 5.32 Å². The quantitative estimate of drug-likeness (QED) is 0.605. The van der Waals surface area contributed by atoms with Crippen LogP contribution in [0.2, 0.25) is 5.02 Å². The van der Waals surface area contributed by atoms with Crippen LogP contribution in [0.15, 0.2) is 46.9 Å². The topological polar surface area (TPSA) is 55.2 Å². The largest absolute Gasteiger partial charge is 0.306 e. The van der Waals surface area contributed by atoms with Crippen molar-refractivity contribution in [2.45, 2.75) is 19.5 Å². The molecule has 0 aromatic heterocycles. The normalized spacial score (nSPS) is 12.1. The van der Waals surface area contributed by atoms with Crippen LogP contribution in [0.1, 0.15) is 24.1 Å². The standard InChI is InChI=1S/C15H14BrClN2O2/c1-10(11-3-6-14(17)7-4-11)18-9-12-2-5-13(16)8-15(12)19(20)21/h2-8,10,18H,9H2,1H3/t10-/m1/s1. The highest BCUT2D eigenvalue weighted by atomic mass is 79.9. The first-order valence-electron chi connectivity index (χ1n) is 6.39. The summed E-state index contributed by atoms with van der Waals surface area (Å²) in [7, 11) is 0. The Bertz CT molecular complexity index is 647. The van der Waals surface area contributed by atoms with Crippen LogP contribution in [-0.4, -0.2) is 4.92 Å². The van der Waals surface area contributed by atoms with Crippen LogP contribution in [0.25, 0.3) is 0 Å². The molecule has 1 N–H and O–H groups in total. The summed E-state index contributed by atoms with van der Waals surface area (Å²) in [6.45, 7) is 2.43. The van der Waals surface area contributed by atoms with Crippen molar-refractivity contribution < 1.29 is 4.92 Å². The minimum absolute atomic E-state index is 0.0746. The van der Waals surface area contributed by atoms with Crippen molar-refractivity contribution in [1.82, 2.24) is 5.32 Å². The summed E-state index contributed by atoms with van der Waals surface area (Å²) in [5.74, 6) is 0. The first-order chi connectivity index (χ1) is 9.97. The number of halogens is 2. The van der Waals surface area contributed by atoms with Crippen molar-refractivity contribution in [2.75, 3.05) is 0 Å². The minimum atomic E-state index is -0.366. The highest BCUT2D eigenvalue weighted by Gasteiger charge is 2.15. The second-order valence-electron chi connectivity index (χ2n) is 4.68. The summed E-state index contributed by atoms with van der Waals surface area (Å²) in [6.07, 6.45) is 0. The number of nitrogens with one attached hydrogen (secondary N) is 1. The third kappa shape index (κ3) is 4.27. The Morgan fingerprint density at radius 2 is 1.95 bits per heavy atom. The maximum Gasteiger partial charge on any atom is 0.275 e. The van der Waals surface area contributed by atoms with Gasteiger partial charge in [-0.2, -0.15) is 0 Å². The molecule has 0 aliphatic heterocycles. The van der Waals surface area contributed by atoms with E-state index < -0.39 is 0 Å². The lowest BCUT2D eigenvalue weighted by Crippen LogP contribution is -2.18. The average molecular weight is 370 g/mol. The molecule has 0 aliphatic rings. The minimum Gasteiger partial charge on any atom is -0.306 e. The van der Waals surface area contributed by atoms with Gasteiger partial charge in [-0.15, -0.1) is 0 Å². The van der Waals surface area contributed by atoms with Crippen LogP contribution >= 0.6 is 27.5 Å². The number of rotatable bonds is 5. The van der Waals surface area contributed by atoms with Crippen LogP contribution in [0.5, 0.6) is 0 Å². The zero-order valence-electron chi connectivity index (χ0n) is 11.3. The van der Waals surface area contributed by atoms with Crippen LogP contribution in [0.3, 0.4) is 0 Å². The smallest absolute Gasteiger partial charge is 0.275 e. The number of nitrogens with zero attached hydrogens (tertiary/aromatic N) is 1. The molecule has 0 amide bonds. The van der Waals surface area contributed by atoms with Crippen molar-refractivity contribution >= 4 is 33.2 Å². The molecule has 4 nitrogen and oxygen atoms in total. The van der Waals surface area contributed by atoms with Gasteiger partial charge in [0.15, 0.2) is 0 Å². The highest BCUT2D eigenvalue weighted by molar-refractivity contribution is 9.10. The zero-order valence-corrected chi connectivity index (χ0v) is 13.7. The van der Waals surface area contributed by atoms with Gasteiger partial charge in [0, 0.05) is 33.7 Å². The molecule has 6 heteroatoms. The van der Waals surface area contributed by atoms with Crippen molar-refractivity contribution in [2.24, 2.45) is 0 Å². The third-order valence-corrected chi connectivity index (χ3v) is 3.96. The maximum absolute atomic E-state index is 11.1. The second kappa shape index (κ2) is 7.02. The van der Waals surface area contributed by atoms with Gasteiger partial charge in [0.05, 0.1) is 4.92 Å². The summed E-state index contributed by atoms with van der Waals surface area (Å²) in [4.78, 5) is 10.7. The summed E-state index contributed by atoms with van der Waals surface area (Å²) in [5, 5.41) is 15.0. The van der Waals surface area contributed by atoms with Gasteiger partial charge in [-0.1, -0.05) is 39.7 Å². The highest BCUT2D eigenvalue weighted by Crippen LogP contribution is 2.24. The molecule has 0 bridgehead atoms. The molecule has 2 rings (SSSR count). The fourth-order valence-electron chi connectivity index (χ4n) is 1.99. The lowest BCUT2D eigenvalue weighted by molar-refractivity contribution is -0.385. The Hall–Kier alpha value is -1.43. The van der Waals surface area contributed by atoms with Crippen LogP contribution in [0.4, 0.5) is 5.69 Å². The predicted octanol–water partition coefficient (Wildman–Crippen LogP) is 4.86. The first kappa shape index (κ1) is 15.9. The fraction of sp³-hybridized carbons (Fsp3) is 0.200. The van der Waals surface area contributed by atoms with E-state index in [4.69, 9.17) is 11.6 Å². The van der Waals surface area contributed by atoms with E-state index >= 15 is 0 Å². The number of hydrogen-bond donors (Lipinski definition) is 1. The fourth-order valence-corrected chi connectivity index (χ4v) is 2.46. The molecule has 1 atom stereocenters. The monoisotopic (exact) mass is 368 g/mol. The van der Waals surface area contributed by atoms with E-state index in [2.05, 4.69) is 21.2 Å². The Labute approximate surface area is 136 Å². The molecule has 2 aromatic carbocycles. The zero-order chi connectivity index (χ0) is 15.4. The van der Waals surface area contributed by atoms with E-state index in [-0.39, 0.29) is 16.7 Å². The molecule has 0 aliphatic carbocycles. The summed E-state index contributed by atoms with van der Waals surface area (Å²) >= 11 is 9.11. The van der Waals surface area contributed by atoms with Gasteiger partial charge in [-0.25, -0.2) is 0 Å². The lowest BCUT2D eigenvalue weighted by Gasteiger charge is -2.14. The SMILES string of the molecule is C[C@@H](NCc1ccc(Br)cc1[N+](=O)[O-])c1ccc(Cl)cc1. The molecule has 21 heavy (non-hydrogen) atoms. The van der Waals surface area contributed by atoms with Gasteiger partial charge in [0.25, 0.3) is 5.69 Å². The van der Waals surface area contributed by atoms with E-state index in [0.29, 0.717) is 21.6 Å². The summed E-state index contributed by atoms with van der Waals surface area (Å²) in [6, 6.07) is 12.7. The number of benzene rings is 2. The number of nitro benzene ring substituents is 1. The Morgan fingerprint density at radius 1 is 1.29 bits per heavy atom. The number of hydrogen-bond acceptors (Lipinski definition) is 3. The van der Waals surface area contributed by atoms with Gasteiger partial charge in [0.2, 0.25) is 0 Å². The van der Waals surface area contributed by atoms with Gasteiger partial charge >= 0.3 is 0 Å². The molecular formula is C15H14BrClN2O2. The van der Waals surface area contributed by atoms with Crippen molar-refractivity contribution in [3.05, 3.63) is 73.2 Å². The Kier molecular flexibility index (Phi) is 5.33. The average Bonchev–Trinajstić information content (AvgIpc) is 2.46. The maximum atomic E-state index is 11.1. The summed E-state index contributed by atoms with van der Waals surface area (Å²) in [5.41, 5.74) is 1.85. The van der Waals surface area contributed by atoms with Crippen LogP contribution in [0, 0.1) is 10.1 Å². The van der Waals surface area contributed by atoms with E-state index in [0.717, 1.165) is 5.56 Å². The van der Waals surface area contributed by atoms with Gasteiger partial charge in [0.1, 0.15) is 0 Å². The van der Waals surface area contributed by atoms with E-state index in [9.17, 15) is 10.1 Å². The summed E-state index contributed by atoms with van der Waals surface area (Å²) < 4.78 is 0.698. The Morgan fingerprint density at radius 3 is 2.57 bits per heavy atom. The molecule has 0 heterocycles. The third-order valence-electron chi connectivity index (χ3n) is 3.21. The molecule has 0 radical (unpaired) electrons. The second-order valence-corrected chi connectivity index (χ2v) is 6.04. The Balaban J connectivity index is 2.09. The van der Waals surface area contributed by atoms with Gasteiger partial charge in [-0.3, -0.25) is 10.1 Å². The van der Waals surface area contributed by atoms with Crippen molar-refractivity contribution in [1.29, 1.82) is 0 Å². The van der Waals surface area contributed by atoms with Crippen molar-refractivity contribution in [3.63, 3.8) is 0 Å². The molecule has 0 spiro atoms. The predicted molar refractivity (Wildman–Crippen MR) is 87.5 cm³/mol. The number of nitro groups is 1. The molecule has 0 fully saturated rings. The molecule has 0 saturated heterocycles. The van der Waals surface area contributed by atoms with Crippen LogP contribution in [-0.2, 0) is 6.54 Å². The van der Waals surface area contributed by atoms with Crippen LogP contribution < -0.4 is 5.32 Å². The van der Waals surface area contributed by atoms with Crippen molar-refractivity contribution in [3.8, 4) is 0 Å². The molecule has 110 valence electrons. The van der Waals surface area contributed by atoms with Gasteiger partial charge in [-0.05, 0) is 36.8 Å². The van der Waals surface area contributed by atoms with E-state index in [1.165, 1.54) is 6.07 Å². The van der Waals surface area contributed by atoms with E-state index in [1.807, 2.05) is 31.2 Å². The molecular weight excluding hydrogens is 356 g/mol. The van der Waals surface area contributed by atoms with E-state index in [1.54, 1.807) is 12.1 Å². The first-order valence-corrected chi connectivity index (χ1v) is 7.56. The molecule has 2 aromatic rings. The lowest BCUT2D eigenvalue weighted by atomic mass is 10.1.